The minimum absolute atomic E-state index is 0.130. The summed E-state index contributed by atoms with van der Waals surface area (Å²) in [6.07, 6.45) is 3.75. The fraction of sp³-hybridized carbons (Fsp3) is 0.733. The number of hydrogen-bond donors (Lipinski definition) is 1. The fourth-order valence-electron chi connectivity index (χ4n) is 3.22. The maximum atomic E-state index is 10.9. The van der Waals surface area contributed by atoms with Crippen LogP contribution in [0.15, 0.2) is 0 Å². The molecule has 1 aromatic rings. The van der Waals surface area contributed by atoms with Gasteiger partial charge >= 0.3 is 0 Å². The zero-order valence-electron chi connectivity index (χ0n) is 13.1. The highest BCUT2D eigenvalue weighted by atomic mass is 32.1. The lowest BCUT2D eigenvalue weighted by Crippen LogP contribution is -2.47. The predicted molar refractivity (Wildman–Crippen MR) is 85.8 cm³/mol. The van der Waals surface area contributed by atoms with E-state index in [0.29, 0.717) is 0 Å². The number of hydrogen-bond acceptors (Lipinski definition) is 6. The van der Waals surface area contributed by atoms with Crippen LogP contribution in [0.1, 0.15) is 22.0 Å². The molecule has 0 bridgehead atoms. The molecule has 0 spiro atoms. The maximum Gasteiger partial charge on any atom is 0.231 e. The zero-order chi connectivity index (χ0) is 15.5. The molecule has 0 unspecified atom stereocenters. The van der Waals surface area contributed by atoms with Crippen molar-refractivity contribution in [2.75, 3.05) is 39.8 Å². The van der Waals surface area contributed by atoms with Gasteiger partial charge < -0.3 is 10.5 Å². The number of carbonyl (C=O) groups excluding carboxylic acids is 1. The molecule has 1 amide bonds. The van der Waals surface area contributed by atoms with E-state index in [9.17, 15) is 4.79 Å². The lowest BCUT2D eigenvalue weighted by molar-refractivity contribution is -0.119. The van der Waals surface area contributed by atoms with Gasteiger partial charge in [-0.3, -0.25) is 14.6 Å². The highest BCUT2D eigenvalue weighted by Crippen LogP contribution is 2.28. The third kappa shape index (κ3) is 4.04. The monoisotopic (exact) mass is 324 g/mol. The van der Waals surface area contributed by atoms with Crippen molar-refractivity contribution in [2.24, 2.45) is 5.73 Å². The van der Waals surface area contributed by atoms with Crippen LogP contribution in [-0.4, -0.2) is 66.6 Å². The molecule has 1 aliphatic carbocycles. The Morgan fingerprint density at radius 1 is 1.55 bits per heavy atom. The van der Waals surface area contributed by atoms with Gasteiger partial charge in [0, 0.05) is 24.5 Å². The van der Waals surface area contributed by atoms with Gasteiger partial charge in [0.25, 0.3) is 0 Å². The SMILES string of the molecule is CN(CC(N)=O)C[C@@H]1CN(Cc2nc3c(s2)CCC3)CCO1. The molecule has 1 aromatic heterocycles. The van der Waals surface area contributed by atoms with Gasteiger partial charge in [-0.15, -0.1) is 11.3 Å². The lowest BCUT2D eigenvalue weighted by atomic mass is 10.2. The molecule has 22 heavy (non-hydrogen) atoms. The lowest BCUT2D eigenvalue weighted by Gasteiger charge is -2.34. The molecule has 122 valence electrons. The molecule has 6 nitrogen and oxygen atoms in total. The number of amides is 1. The van der Waals surface area contributed by atoms with Crippen LogP contribution < -0.4 is 5.73 Å². The molecule has 0 saturated carbocycles. The van der Waals surface area contributed by atoms with Crippen molar-refractivity contribution in [3.05, 3.63) is 15.6 Å². The normalized spacial score (nSPS) is 22.2. The van der Waals surface area contributed by atoms with Crippen LogP contribution in [-0.2, 0) is 28.9 Å². The molecule has 0 aromatic carbocycles. The fourth-order valence-corrected chi connectivity index (χ4v) is 4.41. The Morgan fingerprint density at radius 2 is 2.41 bits per heavy atom. The molecule has 7 heteroatoms. The van der Waals surface area contributed by atoms with Gasteiger partial charge in [0.2, 0.25) is 5.91 Å². The highest BCUT2D eigenvalue weighted by molar-refractivity contribution is 7.11. The van der Waals surface area contributed by atoms with Crippen molar-refractivity contribution in [1.82, 2.24) is 14.8 Å². The first kappa shape index (κ1) is 15.9. The van der Waals surface area contributed by atoms with Crippen molar-refractivity contribution in [2.45, 2.75) is 31.9 Å². The van der Waals surface area contributed by atoms with Crippen LogP contribution in [0.4, 0.5) is 0 Å². The van der Waals surface area contributed by atoms with Crippen molar-refractivity contribution in [3.8, 4) is 0 Å². The van der Waals surface area contributed by atoms with E-state index >= 15 is 0 Å². The number of fused-ring (bicyclic) bond motifs is 1. The zero-order valence-corrected chi connectivity index (χ0v) is 13.9. The van der Waals surface area contributed by atoms with Gasteiger partial charge in [0.05, 0.1) is 31.5 Å². The van der Waals surface area contributed by atoms with Crippen LogP contribution in [0.5, 0.6) is 0 Å². The molecule has 2 aliphatic rings. The molecular weight excluding hydrogens is 300 g/mol. The van der Waals surface area contributed by atoms with E-state index in [2.05, 4.69) is 4.90 Å². The number of aryl methyl sites for hydroxylation is 2. The van der Waals surface area contributed by atoms with Gasteiger partial charge in [-0.05, 0) is 26.3 Å². The minimum atomic E-state index is -0.299. The van der Waals surface area contributed by atoms with E-state index in [1.54, 1.807) is 0 Å². The van der Waals surface area contributed by atoms with Crippen LogP contribution in [0, 0.1) is 0 Å². The highest BCUT2D eigenvalue weighted by Gasteiger charge is 2.24. The second kappa shape index (κ2) is 7.04. The standard InChI is InChI=1S/C15H24N4O2S/c1-18(9-14(16)20)7-11-8-19(5-6-21-11)10-15-17-12-3-2-4-13(12)22-15/h11H,2-10H2,1H3,(H2,16,20)/t11-/m1/s1. The average Bonchev–Trinajstić information content (AvgIpc) is 2.98. The van der Waals surface area contributed by atoms with Crippen molar-refractivity contribution in [3.63, 3.8) is 0 Å². The Hall–Kier alpha value is -1.02. The summed E-state index contributed by atoms with van der Waals surface area (Å²) < 4.78 is 5.81. The van der Waals surface area contributed by atoms with Crippen LogP contribution in [0.3, 0.4) is 0 Å². The van der Waals surface area contributed by atoms with E-state index in [1.807, 2.05) is 23.3 Å². The molecule has 2 heterocycles. The summed E-state index contributed by atoms with van der Waals surface area (Å²) >= 11 is 1.87. The number of carbonyl (C=O) groups is 1. The number of nitrogens with two attached hydrogens (primary N) is 1. The van der Waals surface area contributed by atoms with E-state index in [1.165, 1.54) is 28.4 Å². The number of ether oxygens (including phenoxy) is 1. The van der Waals surface area contributed by atoms with Gasteiger partial charge in [-0.1, -0.05) is 0 Å². The number of aromatic nitrogens is 1. The number of morpholine rings is 1. The molecule has 1 saturated heterocycles. The number of thiazole rings is 1. The number of likely N-dealkylation sites (N-methyl/N-ethyl adjacent to an activating group) is 1. The van der Waals surface area contributed by atoms with E-state index < -0.39 is 0 Å². The Kier molecular flexibility index (Phi) is 5.07. The Labute approximate surface area is 135 Å². The second-order valence-electron chi connectivity index (χ2n) is 6.22. The first-order chi connectivity index (χ1) is 10.6. The van der Waals surface area contributed by atoms with Crippen LogP contribution >= 0.6 is 11.3 Å². The molecule has 2 N–H and O–H groups in total. The van der Waals surface area contributed by atoms with Crippen molar-refractivity contribution >= 4 is 17.2 Å². The second-order valence-corrected chi connectivity index (χ2v) is 7.39. The van der Waals surface area contributed by atoms with Crippen molar-refractivity contribution < 1.29 is 9.53 Å². The first-order valence-corrected chi connectivity index (χ1v) is 8.70. The number of primary amides is 1. The van der Waals surface area contributed by atoms with Gasteiger partial charge in [0.15, 0.2) is 0 Å². The summed E-state index contributed by atoms with van der Waals surface area (Å²) in [5, 5.41) is 1.23. The summed E-state index contributed by atoms with van der Waals surface area (Å²) in [5.74, 6) is -0.299. The minimum Gasteiger partial charge on any atom is -0.374 e. The Morgan fingerprint density at radius 3 is 3.18 bits per heavy atom. The summed E-state index contributed by atoms with van der Waals surface area (Å²) in [6.45, 7) is 4.48. The average molecular weight is 324 g/mol. The topological polar surface area (TPSA) is 71.7 Å². The molecule has 3 rings (SSSR count). The molecule has 1 aliphatic heterocycles. The largest absolute Gasteiger partial charge is 0.374 e. The predicted octanol–water partition coefficient (Wildman–Crippen LogP) is 0.250. The maximum absolute atomic E-state index is 10.9. The van der Waals surface area contributed by atoms with Crippen molar-refractivity contribution in [1.29, 1.82) is 0 Å². The van der Waals surface area contributed by atoms with E-state index in [-0.39, 0.29) is 18.6 Å². The Balaban J connectivity index is 1.50. The first-order valence-electron chi connectivity index (χ1n) is 7.88. The van der Waals surface area contributed by atoms with Gasteiger partial charge in [-0.25, -0.2) is 4.98 Å². The van der Waals surface area contributed by atoms with Gasteiger partial charge in [-0.2, -0.15) is 0 Å². The summed E-state index contributed by atoms with van der Waals surface area (Å²) in [7, 11) is 1.90. The number of nitrogens with zero attached hydrogens (tertiary/aromatic N) is 3. The third-order valence-corrected chi connectivity index (χ3v) is 5.30. The summed E-state index contributed by atoms with van der Waals surface area (Å²) in [6, 6.07) is 0. The van der Waals surface area contributed by atoms with E-state index in [4.69, 9.17) is 15.5 Å². The summed E-state index contributed by atoms with van der Waals surface area (Å²) in [5.41, 5.74) is 6.55. The van der Waals surface area contributed by atoms with E-state index in [0.717, 1.165) is 39.2 Å². The molecule has 1 atom stereocenters. The van der Waals surface area contributed by atoms with Gasteiger partial charge in [0.1, 0.15) is 5.01 Å². The smallest absolute Gasteiger partial charge is 0.231 e. The molecule has 1 fully saturated rings. The Bertz CT molecular complexity index is 512. The summed E-state index contributed by atoms with van der Waals surface area (Å²) in [4.78, 5) is 21.5. The van der Waals surface area contributed by atoms with Crippen LogP contribution in [0.2, 0.25) is 0 Å². The number of rotatable bonds is 6. The molecular formula is C15H24N4O2S. The third-order valence-electron chi connectivity index (χ3n) is 4.16. The quantitative estimate of drug-likeness (QED) is 0.812. The van der Waals surface area contributed by atoms with Crippen LogP contribution in [0.25, 0.3) is 0 Å². The molecule has 0 radical (unpaired) electrons.